The summed E-state index contributed by atoms with van der Waals surface area (Å²) in [5, 5.41) is 10.4. The summed E-state index contributed by atoms with van der Waals surface area (Å²) in [7, 11) is 0. The van der Waals surface area contributed by atoms with Crippen LogP contribution >= 0.6 is 0 Å². The third-order valence-corrected chi connectivity index (χ3v) is 4.60. The Kier molecular flexibility index (Phi) is 7.64. The van der Waals surface area contributed by atoms with Crippen LogP contribution in [0.25, 0.3) is 0 Å². The minimum absolute atomic E-state index is 0. The zero-order chi connectivity index (χ0) is 16.7. The quantitative estimate of drug-likeness (QED) is 0.603. The zero-order valence-electron chi connectivity index (χ0n) is 14.4. The number of benzene rings is 3. The fourth-order valence-electron chi connectivity index (χ4n) is 3.44. The van der Waals surface area contributed by atoms with E-state index in [1.165, 1.54) is 16.7 Å². The molecule has 0 saturated heterocycles. The fourth-order valence-corrected chi connectivity index (χ4v) is 3.44. The van der Waals surface area contributed by atoms with E-state index < -0.39 is 0 Å². The molecule has 0 aliphatic heterocycles. The first-order valence-corrected chi connectivity index (χ1v) is 8.52. The van der Waals surface area contributed by atoms with E-state index in [-0.39, 0.29) is 33.7 Å². The average Bonchev–Trinajstić information content (AvgIpc) is 2.64. The van der Waals surface area contributed by atoms with Gasteiger partial charge in [0.2, 0.25) is 0 Å². The van der Waals surface area contributed by atoms with Crippen molar-refractivity contribution in [3.63, 3.8) is 0 Å². The Hall–Kier alpha value is -1.67. The first-order valence-electron chi connectivity index (χ1n) is 8.52. The Balaban J connectivity index is 0.00000225. The topological polar surface area (TPSA) is 20.2 Å². The van der Waals surface area contributed by atoms with Crippen LogP contribution in [0, 0.1) is 5.41 Å². The van der Waals surface area contributed by atoms with Crippen molar-refractivity contribution in [1.82, 2.24) is 0 Å². The molecule has 0 aliphatic rings. The summed E-state index contributed by atoms with van der Waals surface area (Å²) in [4.78, 5) is 0. The largest absolute Gasteiger partial charge is 0.396 e. The van der Waals surface area contributed by atoms with Crippen LogP contribution in [-0.2, 0) is 41.0 Å². The Morgan fingerprint density at radius 3 is 1.04 bits per heavy atom. The molecule has 0 bridgehead atoms. The van der Waals surface area contributed by atoms with Gasteiger partial charge in [-0.05, 0) is 36.0 Å². The van der Waals surface area contributed by atoms with E-state index in [0.29, 0.717) is 0 Å². The fraction of sp³-hybridized carbons (Fsp3) is 0.217. The van der Waals surface area contributed by atoms with Gasteiger partial charge < -0.3 is 5.11 Å². The summed E-state index contributed by atoms with van der Waals surface area (Å²) in [6.07, 6.45) is 2.61. The minimum Gasteiger partial charge on any atom is -0.396 e. The molecule has 0 heterocycles. The SMILES string of the molecule is OCC(Cc1ccccc1)(Cc1ccccc1)Cc1ccccc1.[Ti]. The first kappa shape index (κ1) is 19.7. The number of rotatable bonds is 7. The Bertz CT molecular complexity index is 624. The molecular weight excluding hydrogens is 340 g/mol. The molecule has 0 saturated carbocycles. The smallest absolute Gasteiger partial charge is 0.0497 e. The van der Waals surface area contributed by atoms with Gasteiger partial charge in [0, 0.05) is 33.7 Å². The number of hydrogen-bond donors (Lipinski definition) is 1. The van der Waals surface area contributed by atoms with Crippen molar-refractivity contribution < 1.29 is 26.8 Å². The van der Waals surface area contributed by atoms with E-state index in [1.54, 1.807) is 0 Å². The van der Waals surface area contributed by atoms with Gasteiger partial charge in [0.1, 0.15) is 0 Å². The van der Waals surface area contributed by atoms with Crippen LogP contribution in [0.1, 0.15) is 16.7 Å². The van der Waals surface area contributed by atoms with E-state index in [4.69, 9.17) is 0 Å². The van der Waals surface area contributed by atoms with E-state index in [9.17, 15) is 5.11 Å². The summed E-state index contributed by atoms with van der Waals surface area (Å²) in [6, 6.07) is 31.5. The molecule has 3 aromatic carbocycles. The predicted octanol–water partition coefficient (Wildman–Crippen LogP) is 4.69. The van der Waals surface area contributed by atoms with Gasteiger partial charge in [-0.15, -0.1) is 0 Å². The second kappa shape index (κ2) is 9.72. The molecule has 0 radical (unpaired) electrons. The number of aliphatic hydroxyl groups excluding tert-OH is 1. The molecule has 2 heteroatoms. The van der Waals surface area contributed by atoms with E-state index in [1.807, 2.05) is 18.2 Å². The Labute approximate surface area is 165 Å². The molecule has 0 spiro atoms. The van der Waals surface area contributed by atoms with Gasteiger partial charge in [-0.3, -0.25) is 0 Å². The molecule has 3 aromatic rings. The van der Waals surface area contributed by atoms with Crippen molar-refractivity contribution in [1.29, 1.82) is 0 Å². The van der Waals surface area contributed by atoms with Crippen LogP contribution in [0.5, 0.6) is 0 Å². The summed E-state index contributed by atoms with van der Waals surface area (Å²) >= 11 is 0. The summed E-state index contributed by atoms with van der Waals surface area (Å²) < 4.78 is 0. The minimum atomic E-state index is -0.190. The third-order valence-electron chi connectivity index (χ3n) is 4.60. The van der Waals surface area contributed by atoms with Crippen LogP contribution in [0.4, 0.5) is 0 Å². The molecule has 0 atom stereocenters. The maximum Gasteiger partial charge on any atom is 0.0497 e. The standard InChI is InChI=1S/C23H24O.Ti/c24-19-23(16-20-10-4-1-5-11-20,17-21-12-6-2-7-13-21)18-22-14-8-3-9-15-22;/h1-15,24H,16-19H2;. The van der Waals surface area contributed by atoms with Crippen LogP contribution in [-0.4, -0.2) is 11.7 Å². The van der Waals surface area contributed by atoms with Gasteiger partial charge in [-0.2, -0.15) is 0 Å². The van der Waals surface area contributed by atoms with Crippen molar-refractivity contribution in [2.75, 3.05) is 6.61 Å². The van der Waals surface area contributed by atoms with Gasteiger partial charge in [-0.1, -0.05) is 91.0 Å². The maximum absolute atomic E-state index is 10.4. The van der Waals surface area contributed by atoms with Crippen LogP contribution in [0.3, 0.4) is 0 Å². The van der Waals surface area contributed by atoms with E-state index in [0.717, 1.165) is 19.3 Å². The normalized spacial score (nSPS) is 10.9. The summed E-state index contributed by atoms with van der Waals surface area (Å²) in [5.74, 6) is 0. The van der Waals surface area contributed by atoms with Crippen molar-refractivity contribution in [2.45, 2.75) is 19.3 Å². The summed E-state index contributed by atoms with van der Waals surface area (Å²) in [5.41, 5.74) is 3.64. The van der Waals surface area contributed by atoms with Gasteiger partial charge in [-0.25, -0.2) is 0 Å². The van der Waals surface area contributed by atoms with E-state index in [2.05, 4.69) is 72.8 Å². The Morgan fingerprint density at radius 2 is 0.800 bits per heavy atom. The second-order valence-electron chi connectivity index (χ2n) is 6.65. The summed E-state index contributed by atoms with van der Waals surface area (Å²) in [6.45, 7) is 0.172. The average molecular weight is 364 g/mol. The van der Waals surface area contributed by atoms with Gasteiger partial charge in [0.15, 0.2) is 0 Å². The molecule has 0 amide bonds. The van der Waals surface area contributed by atoms with E-state index >= 15 is 0 Å². The van der Waals surface area contributed by atoms with Crippen LogP contribution in [0.15, 0.2) is 91.0 Å². The van der Waals surface area contributed by atoms with Crippen molar-refractivity contribution >= 4 is 0 Å². The monoisotopic (exact) mass is 364 g/mol. The zero-order valence-corrected chi connectivity index (χ0v) is 16.0. The van der Waals surface area contributed by atoms with Crippen molar-refractivity contribution in [2.24, 2.45) is 5.41 Å². The molecule has 25 heavy (non-hydrogen) atoms. The third kappa shape index (κ3) is 5.68. The molecule has 126 valence electrons. The number of hydrogen-bond acceptors (Lipinski definition) is 1. The van der Waals surface area contributed by atoms with Crippen LogP contribution < -0.4 is 0 Å². The van der Waals surface area contributed by atoms with Gasteiger partial charge >= 0.3 is 0 Å². The molecule has 3 rings (SSSR count). The van der Waals surface area contributed by atoms with Crippen molar-refractivity contribution in [3.8, 4) is 0 Å². The number of aliphatic hydroxyl groups is 1. The maximum atomic E-state index is 10.4. The molecule has 1 nitrogen and oxygen atoms in total. The molecule has 0 aliphatic carbocycles. The first-order chi connectivity index (χ1) is 11.8. The molecule has 0 unspecified atom stereocenters. The van der Waals surface area contributed by atoms with Gasteiger partial charge in [0.25, 0.3) is 0 Å². The molecule has 0 aromatic heterocycles. The van der Waals surface area contributed by atoms with Gasteiger partial charge in [0.05, 0.1) is 0 Å². The molecule has 1 N–H and O–H groups in total. The Morgan fingerprint density at radius 1 is 0.520 bits per heavy atom. The second-order valence-corrected chi connectivity index (χ2v) is 6.65. The predicted molar refractivity (Wildman–Crippen MR) is 100.0 cm³/mol. The van der Waals surface area contributed by atoms with Crippen molar-refractivity contribution in [3.05, 3.63) is 108 Å². The van der Waals surface area contributed by atoms with Crippen LogP contribution in [0.2, 0.25) is 0 Å². The molecule has 0 fully saturated rings. The molecular formula is C23H24OTi.